The number of aliphatic hydroxyl groups is 1. The van der Waals surface area contributed by atoms with Crippen LogP contribution in [0.1, 0.15) is 20.3 Å². The van der Waals surface area contributed by atoms with Crippen molar-refractivity contribution in [3.8, 4) is 0 Å². The molecular weight excluding hydrogens is 210 g/mol. The van der Waals surface area contributed by atoms with E-state index < -0.39 is 6.10 Å². The number of hydrogen-bond acceptors (Lipinski definition) is 5. The Kier molecular flexibility index (Phi) is 9.18. The molecule has 0 amide bonds. The number of aliphatic hydroxyl groups excluding tert-OH is 1. The predicted molar refractivity (Wildman–Crippen MR) is 61.2 cm³/mol. The monoisotopic (exact) mass is 233 g/mol. The van der Waals surface area contributed by atoms with Gasteiger partial charge in [0.1, 0.15) is 0 Å². The summed E-state index contributed by atoms with van der Waals surface area (Å²) in [6.07, 6.45) is -0.618. The smallest absolute Gasteiger partial charge is 0.308 e. The van der Waals surface area contributed by atoms with Crippen molar-refractivity contribution in [3.05, 3.63) is 0 Å². The Morgan fingerprint density at radius 3 is 2.62 bits per heavy atom. The van der Waals surface area contributed by atoms with E-state index in [1.165, 1.54) is 0 Å². The van der Waals surface area contributed by atoms with Crippen LogP contribution in [0.25, 0.3) is 0 Å². The number of nitrogens with zero attached hydrogens (tertiary/aromatic N) is 1. The molecule has 0 saturated carbocycles. The second kappa shape index (κ2) is 9.57. The Labute approximate surface area is 97.3 Å². The van der Waals surface area contributed by atoms with Gasteiger partial charge in [0.05, 0.1) is 25.7 Å². The summed E-state index contributed by atoms with van der Waals surface area (Å²) in [5, 5.41) is 9.66. The zero-order valence-corrected chi connectivity index (χ0v) is 10.4. The minimum atomic E-state index is -0.671. The topological polar surface area (TPSA) is 59.0 Å². The van der Waals surface area contributed by atoms with Gasteiger partial charge in [0.15, 0.2) is 0 Å². The molecule has 0 fully saturated rings. The summed E-state index contributed by atoms with van der Waals surface area (Å²) in [6, 6.07) is 0. The zero-order chi connectivity index (χ0) is 12.4. The van der Waals surface area contributed by atoms with E-state index in [0.29, 0.717) is 19.8 Å². The van der Waals surface area contributed by atoms with E-state index in [4.69, 9.17) is 9.47 Å². The summed E-state index contributed by atoms with van der Waals surface area (Å²) in [7, 11) is 1.64. The molecule has 96 valence electrons. The van der Waals surface area contributed by atoms with Crippen LogP contribution in [0.4, 0.5) is 0 Å². The highest BCUT2D eigenvalue weighted by Gasteiger charge is 2.14. The van der Waals surface area contributed by atoms with Gasteiger partial charge in [0.25, 0.3) is 0 Å². The Bertz CT molecular complexity index is 187. The summed E-state index contributed by atoms with van der Waals surface area (Å²) < 4.78 is 9.73. The molecule has 1 atom stereocenters. The van der Waals surface area contributed by atoms with Crippen molar-refractivity contribution >= 4 is 5.97 Å². The molecule has 5 nitrogen and oxygen atoms in total. The number of ether oxygens (including phenoxy) is 2. The van der Waals surface area contributed by atoms with Crippen molar-refractivity contribution in [1.82, 2.24) is 4.90 Å². The van der Waals surface area contributed by atoms with Crippen LogP contribution in [0, 0.1) is 0 Å². The maximum absolute atomic E-state index is 11.1. The molecule has 0 aromatic rings. The molecule has 0 bridgehead atoms. The summed E-state index contributed by atoms with van der Waals surface area (Å²) in [5.41, 5.74) is 0. The lowest BCUT2D eigenvalue weighted by Gasteiger charge is -2.22. The van der Waals surface area contributed by atoms with Gasteiger partial charge >= 0.3 is 5.97 Å². The van der Waals surface area contributed by atoms with Crippen LogP contribution >= 0.6 is 0 Å². The van der Waals surface area contributed by atoms with E-state index in [9.17, 15) is 9.90 Å². The van der Waals surface area contributed by atoms with Crippen LogP contribution in [0.15, 0.2) is 0 Å². The van der Waals surface area contributed by atoms with E-state index >= 15 is 0 Å². The van der Waals surface area contributed by atoms with Gasteiger partial charge in [-0.15, -0.1) is 0 Å². The summed E-state index contributed by atoms with van der Waals surface area (Å²) in [5.74, 6) is -0.349. The fourth-order valence-corrected chi connectivity index (χ4v) is 1.37. The number of carbonyl (C=O) groups is 1. The highest BCUT2D eigenvalue weighted by molar-refractivity contribution is 5.69. The first-order valence-corrected chi connectivity index (χ1v) is 5.68. The van der Waals surface area contributed by atoms with E-state index in [-0.39, 0.29) is 12.4 Å². The van der Waals surface area contributed by atoms with Gasteiger partial charge in [-0.05, 0) is 13.5 Å². The highest BCUT2D eigenvalue weighted by atomic mass is 16.5. The molecule has 0 aliphatic carbocycles. The van der Waals surface area contributed by atoms with Crippen LogP contribution in [-0.2, 0) is 14.3 Å². The largest absolute Gasteiger partial charge is 0.466 e. The van der Waals surface area contributed by atoms with Crippen molar-refractivity contribution in [1.29, 1.82) is 0 Å². The first kappa shape index (κ1) is 15.3. The number of likely N-dealkylation sites (N-methyl/N-ethyl adjacent to an activating group) is 1. The van der Waals surface area contributed by atoms with Gasteiger partial charge in [0, 0.05) is 20.2 Å². The fourth-order valence-electron chi connectivity index (χ4n) is 1.37. The average molecular weight is 233 g/mol. The molecule has 0 aliphatic heterocycles. The molecule has 0 heterocycles. The van der Waals surface area contributed by atoms with Crippen LogP contribution in [0.2, 0.25) is 0 Å². The van der Waals surface area contributed by atoms with Gasteiger partial charge < -0.3 is 14.6 Å². The Morgan fingerprint density at radius 2 is 2.12 bits per heavy atom. The van der Waals surface area contributed by atoms with Crippen LogP contribution < -0.4 is 0 Å². The number of hydrogen-bond donors (Lipinski definition) is 1. The Hall–Kier alpha value is -0.650. The molecule has 1 N–H and O–H groups in total. The molecule has 0 aromatic carbocycles. The summed E-state index contributed by atoms with van der Waals surface area (Å²) in [4.78, 5) is 13.1. The third kappa shape index (κ3) is 7.62. The molecule has 0 spiro atoms. The van der Waals surface area contributed by atoms with Crippen molar-refractivity contribution in [2.24, 2.45) is 0 Å². The van der Waals surface area contributed by atoms with Crippen molar-refractivity contribution in [2.45, 2.75) is 26.4 Å². The Morgan fingerprint density at radius 1 is 1.44 bits per heavy atom. The first-order chi connectivity index (χ1) is 7.63. The van der Waals surface area contributed by atoms with Gasteiger partial charge in [-0.1, -0.05) is 6.92 Å². The molecule has 1 unspecified atom stereocenters. The van der Waals surface area contributed by atoms with Gasteiger partial charge in [-0.2, -0.15) is 0 Å². The first-order valence-electron chi connectivity index (χ1n) is 5.68. The van der Waals surface area contributed by atoms with Gasteiger partial charge in [-0.25, -0.2) is 0 Å². The standard InChI is InChI=1S/C11H23NO4/c1-4-12(6-7-15-3)9-10(13)8-11(14)16-5-2/h10,13H,4-9H2,1-3H3. The molecule has 0 aliphatic rings. The number of esters is 1. The third-order valence-electron chi connectivity index (χ3n) is 2.24. The highest BCUT2D eigenvalue weighted by Crippen LogP contribution is 1.99. The number of methoxy groups -OCH3 is 1. The maximum Gasteiger partial charge on any atom is 0.308 e. The molecule has 0 radical (unpaired) electrons. The number of rotatable bonds is 9. The number of carbonyl (C=O) groups excluding carboxylic acids is 1. The van der Waals surface area contributed by atoms with Crippen LogP contribution in [0.5, 0.6) is 0 Å². The average Bonchev–Trinajstić information content (AvgIpc) is 2.24. The molecule has 16 heavy (non-hydrogen) atoms. The molecule has 5 heteroatoms. The molecule has 0 saturated heterocycles. The van der Waals surface area contributed by atoms with Crippen molar-refractivity contribution in [2.75, 3.05) is 40.0 Å². The second-order valence-electron chi connectivity index (χ2n) is 3.55. The van der Waals surface area contributed by atoms with E-state index in [1.807, 2.05) is 11.8 Å². The predicted octanol–water partition coefficient (Wildman–Crippen LogP) is 0.269. The Balaban J connectivity index is 3.81. The lowest BCUT2D eigenvalue weighted by atomic mass is 10.2. The van der Waals surface area contributed by atoms with Crippen molar-refractivity contribution < 1.29 is 19.4 Å². The molecular formula is C11H23NO4. The van der Waals surface area contributed by atoms with Gasteiger partial charge in [0.2, 0.25) is 0 Å². The fraction of sp³-hybridized carbons (Fsp3) is 0.909. The van der Waals surface area contributed by atoms with E-state index in [2.05, 4.69) is 0 Å². The van der Waals surface area contributed by atoms with E-state index in [0.717, 1.165) is 13.1 Å². The molecule has 0 rings (SSSR count). The minimum Gasteiger partial charge on any atom is -0.466 e. The quantitative estimate of drug-likeness (QED) is 0.579. The minimum absolute atomic E-state index is 0.0529. The maximum atomic E-state index is 11.1. The zero-order valence-electron chi connectivity index (χ0n) is 10.4. The van der Waals surface area contributed by atoms with E-state index in [1.54, 1.807) is 14.0 Å². The lowest BCUT2D eigenvalue weighted by molar-refractivity contribution is -0.145. The normalized spacial score (nSPS) is 12.8. The van der Waals surface area contributed by atoms with Gasteiger partial charge in [-0.3, -0.25) is 9.69 Å². The molecule has 0 aromatic heterocycles. The van der Waals surface area contributed by atoms with Crippen LogP contribution in [-0.4, -0.2) is 62.0 Å². The third-order valence-corrected chi connectivity index (χ3v) is 2.24. The summed E-state index contributed by atoms with van der Waals surface area (Å²) >= 11 is 0. The lowest BCUT2D eigenvalue weighted by Crippen LogP contribution is -2.36. The SMILES string of the molecule is CCOC(=O)CC(O)CN(CC)CCOC. The summed E-state index contributed by atoms with van der Waals surface area (Å²) in [6.45, 7) is 6.79. The van der Waals surface area contributed by atoms with Crippen molar-refractivity contribution in [3.63, 3.8) is 0 Å². The second-order valence-corrected chi connectivity index (χ2v) is 3.55. The van der Waals surface area contributed by atoms with Crippen LogP contribution in [0.3, 0.4) is 0 Å².